The standard InChI is InChI=1S/C17H19BrO3/c1-13-7-8-17(16(18)11-13)21-10-4-9-20-15-6-3-5-14(12-15)19-2/h3,5-8,11-12H,4,9-10H2,1-2H3. The Bertz CT molecular complexity index is 584. The Morgan fingerprint density at radius 2 is 1.71 bits per heavy atom. The number of ether oxygens (including phenoxy) is 3. The van der Waals surface area contributed by atoms with E-state index < -0.39 is 0 Å². The molecular weight excluding hydrogens is 332 g/mol. The fourth-order valence-corrected chi connectivity index (χ4v) is 2.45. The van der Waals surface area contributed by atoms with Crippen molar-refractivity contribution < 1.29 is 14.2 Å². The number of rotatable bonds is 7. The van der Waals surface area contributed by atoms with Crippen LogP contribution in [0, 0.1) is 6.92 Å². The number of halogens is 1. The van der Waals surface area contributed by atoms with Crippen LogP contribution in [0.1, 0.15) is 12.0 Å². The van der Waals surface area contributed by atoms with Crippen molar-refractivity contribution in [2.45, 2.75) is 13.3 Å². The van der Waals surface area contributed by atoms with E-state index in [-0.39, 0.29) is 0 Å². The van der Waals surface area contributed by atoms with Crippen molar-refractivity contribution in [3.8, 4) is 17.2 Å². The lowest BCUT2D eigenvalue weighted by Crippen LogP contribution is -2.05. The summed E-state index contributed by atoms with van der Waals surface area (Å²) >= 11 is 3.50. The van der Waals surface area contributed by atoms with Crippen LogP contribution in [0.2, 0.25) is 0 Å². The van der Waals surface area contributed by atoms with Crippen molar-refractivity contribution >= 4 is 15.9 Å². The van der Waals surface area contributed by atoms with Gasteiger partial charge in [0.25, 0.3) is 0 Å². The lowest BCUT2D eigenvalue weighted by Gasteiger charge is -2.10. The number of benzene rings is 2. The fourth-order valence-electron chi connectivity index (χ4n) is 1.84. The van der Waals surface area contributed by atoms with Crippen LogP contribution in [0.15, 0.2) is 46.9 Å². The molecule has 0 N–H and O–H groups in total. The molecule has 0 aromatic heterocycles. The first-order valence-electron chi connectivity index (χ1n) is 6.85. The van der Waals surface area contributed by atoms with Crippen molar-refractivity contribution in [1.82, 2.24) is 0 Å². The van der Waals surface area contributed by atoms with Crippen LogP contribution in [-0.4, -0.2) is 20.3 Å². The largest absolute Gasteiger partial charge is 0.497 e. The van der Waals surface area contributed by atoms with Gasteiger partial charge in [-0.3, -0.25) is 0 Å². The average molecular weight is 351 g/mol. The predicted molar refractivity (Wildman–Crippen MR) is 87.5 cm³/mol. The Labute approximate surface area is 134 Å². The van der Waals surface area contributed by atoms with E-state index >= 15 is 0 Å². The van der Waals surface area contributed by atoms with Crippen molar-refractivity contribution in [1.29, 1.82) is 0 Å². The molecule has 4 heteroatoms. The minimum Gasteiger partial charge on any atom is -0.497 e. The molecule has 0 heterocycles. The molecule has 2 rings (SSSR count). The van der Waals surface area contributed by atoms with Crippen LogP contribution in [0.4, 0.5) is 0 Å². The van der Waals surface area contributed by atoms with Crippen LogP contribution in [0.5, 0.6) is 17.2 Å². The van der Waals surface area contributed by atoms with Crippen LogP contribution < -0.4 is 14.2 Å². The first-order chi connectivity index (χ1) is 10.2. The molecule has 0 spiro atoms. The van der Waals surface area contributed by atoms with Crippen molar-refractivity contribution in [2.75, 3.05) is 20.3 Å². The summed E-state index contributed by atoms with van der Waals surface area (Å²) in [5.41, 5.74) is 1.20. The molecule has 21 heavy (non-hydrogen) atoms. The highest BCUT2D eigenvalue weighted by molar-refractivity contribution is 9.10. The second-order valence-electron chi connectivity index (χ2n) is 4.66. The van der Waals surface area contributed by atoms with E-state index in [1.165, 1.54) is 5.56 Å². The molecule has 0 fully saturated rings. The topological polar surface area (TPSA) is 27.7 Å². The summed E-state index contributed by atoms with van der Waals surface area (Å²) in [4.78, 5) is 0. The van der Waals surface area contributed by atoms with Gasteiger partial charge in [-0.1, -0.05) is 12.1 Å². The molecule has 2 aromatic rings. The molecule has 0 unspecified atom stereocenters. The molecule has 112 valence electrons. The second-order valence-corrected chi connectivity index (χ2v) is 5.52. The van der Waals surface area contributed by atoms with Crippen molar-refractivity contribution in [2.24, 2.45) is 0 Å². The zero-order valence-electron chi connectivity index (χ0n) is 12.3. The smallest absolute Gasteiger partial charge is 0.133 e. The Kier molecular flexibility index (Phi) is 5.93. The molecule has 2 aromatic carbocycles. The van der Waals surface area contributed by atoms with E-state index in [9.17, 15) is 0 Å². The van der Waals surface area contributed by atoms with Crippen LogP contribution in [0.25, 0.3) is 0 Å². The highest BCUT2D eigenvalue weighted by Crippen LogP contribution is 2.25. The summed E-state index contributed by atoms with van der Waals surface area (Å²) in [5, 5.41) is 0. The average Bonchev–Trinajstić information content (AvgIpc) is 2.49. The van der Waals surface area contributed by atoms with Crippen LogP contribution >= 0.6 is 15.9 Å². The summed E-state index contributed by atoms with van der Waals surface area (Å²) in [6.45, 7) is 3.28. The zero-order chi connectivity index (χ0) is 15.1. The van der Waals surface area contributed by atoms with E-state index in [4.69, 9.17) is 14.2 Å². The SMILES string of the molecule is COc1cccc(OCCCOc2ccc(C)cc2Br)c1. The zero-order valence-corrected chi connectivity index (χ0v) is 13.9. The van der Waals surface area contributed by atoms with E-state index in [0.29, 0.717) is 13.2 Å². The number of hydrogen-bond donors (Lipinski definition) is 0. The molecule has 0 aliphatic carbocycles. The summed E-state index contributed by atoms with van der Waals surface area (Å²) in [6, 6.07) is 13.6. The van der Waals surface area contributed by atoms with Gasteiger partial charge in [0.2, 0.25) is 0 Å². The molecule has 0 aliphatic rings. The molecule has 3 nitrogen and oxygen atoms in total. The maximum Gasteiger partial charge on any atom is 0.133 e. The van der Waals surface area contributed by atoms with E-state index in [1.807, 2.05) is 42.5 Å². The van der Waals surface area contributed by atoms with Gasteiger partial charge in [-0.05, 0) is 52.7 Å². The summed E-state index contributed by atoms with van der Waals surface area (Å²) in [7, 11) is 1.65. The van der Waals surface area contributed by atoms with Gasteiger partial charge in [0, 0.05) is 12.5 Å². The highest BCUT2D eigenvalue weighted by atomic mass is 79.9. The quantitative estimate of drug-likeness (QED) is 0.682. The summed E-state index contributed by atoms with van der Waals surface area (Å²) in [6.07, 6.45) is 0.817. The molecule has 0 radical (unpaired) electrons. The van der Waals surface area contributed by atoms with Gasteiger partial charge in [0.1, 0.15) is 17.2 Å². The lowest BCUT2D eigenvalue weighted by atomic mass is 10.2. The number of methoxy groups -OCH3 is 1. The molecule has 0 saturated heterocycles. The van der Waals surface area contributed by atoms with Gasteiger partial charge in [0.15, 0.2) is 0 Å². The molecule has 0 saturated carbocycles. The van der Waals surface area contributed by atoms with Gasteiger partial charge >= 0.3 is 0 Å². The predicted octanol–water partition coefficient (Wildman–Crippen LogP) is 4.61. The first kappa shape index (κ1) is 15.7. The molecule has 0 amide bonds. The van der Waals surface area contributed by atoms with Crippen LogP contribution in [-0.2, 0) is 0 Å². The van der Waals surface area contributed by atoms with Gasteiger partial charge in [0.05, 0.1) is 24.8 Å². The Morgan fingerprint density at radius 3 is 2.48 bits per heavy atom. The normalized spacial score (nSPS) is 10.2. The maximum atomic E-state index is 5.72. The third-order valence-electron chi connectivity index (χ3n) is 2.94. The van der Waals surface area contributed by atoms with Crippen molar-refractivity contribution in [3.63, 3.8) is 0 Å². The Morgan fingerprint density at radius 1 is 0.952 bits per heavy atom. The first-order valence-corrected chi connectivity index (χ1v) is 7.64. The minimum atomic E-state index is 0.608. The fraction of sp³-hybridized carbons (Fsp3) is 0.294. The molecule has 0 aliphatic heterocycles. The third kappa shape index (κ3) is 4.97. The van der Waals surface area contributed by atoms with Crippen molar-refractivity contribution in [3.05, 3.63) is 52.5 Å². The van der Waals surface area contributed by atoms with E-state index in [0.717, 1.165) is 28.1 Å². The Balaban J connectivity index is 1.72. The van der Waals surface area contributed by atoms with E-state index in [1.54, 1.807) is 7.11 Å². The van der Waals surface area contributed by atoms with Crippen LogP contribution in [0.3, 0.4) is 0 Å². The van der Waals surface area contributed by atoms with Gasteiger partial charge in [-0.15, -0.1) is 0 Å². The third-order valence-corrected chi connectivity index (χ3v) is 3.56. The highest BCUT2D eigenvalue weighted by Gasteiger charge is 2.01. The number of aryl methyl sites for hydroxylation is 1. The summed E-state index contributed by atoms with van der Waals surface area (Å²) in [5.74, 6) is 2.47. The molecule has 0 atom stereocenters. The lowest BCUT2D eigenvalue weighted by molar-refractivity contribution is 0.246. The van der Waals surface area contributed by atoms with Gasteiger partial charge in [-0.2, -0.15) is 0 Å². The molecule has 0 bridgehead atoms. The summed E-state index contributed by atoms with van der Waals surface area (Å²) < 4.78 is 17.5. The number of hydrogen-bond acceptors (Lipinski definition) is 3. The van der Waals surface area contributed by atoms with Gasteiger partial charge < -0.3 is 14.2 Å². The maximum absolute atomic E-state index is 5.72. The monoisotopic (exact) mass is 350 g/mol. The molecular formula is C17H19BrO3. The second kappa shape index (κ2) is 7.93. The van der Waals surface area contributed by atoms with E-state index in [2.05, 4.69) is 22.9 Å². The Hall–Kier alpha value is -1.68. The minimum absolute atomic E-state index is 0.608. The van der Waals surface area contributed by atoms with Gasteiger partial charge in [-0.25, -0.2) is 0 Å².